The Kier molecular flexibility index (Phi) is 5.49. The number of aromatic nitrogens is 4. The highest BCUT2D eigenvalue weighted by molar-refractivity contribution is 7.15. The number of aliphatic imine (C=N–C) groups is 1. The number of pyridine rings is 1. The summed E-state index contributed by atoms with van der Waals surface area (Å²) in [7, 11) is 1.62. The summed E-state index contributed by atoms with van der Waals surface area (Å²) in [5, 5.41) is 10.5. The van der Waals surface area contributed by atoms with E-state index in [2.05, 4.69) is 38.5 Å². The van der Waals surface area contributed by atoms with Gasteiger partial charge >= 0.3 is 0 Å². The van der Waals surface area contributed by atoms with Crippen molar-refractivity contribution >= 4 is 28.6 Å². The number of fused-ring (bicyclic) bond motifs is 3. The molecule has 6 nitrogen and oxygen atoms in total. The molecule has 0 amide bonds. The third-order valence-electron chi connectivity index (χ3n) is 5.51. The van der Waals surface area contributed by atoms with Crippen molar-refractivity contribution in [1.82, 2.24) is 19.7 Å². The molecule has 1 aromatic carbocycles. The van der Waals surface area contributed by atoms with Crippen LogP contribution in [0.25, 0.3) is 5.00 Å². The first-order chi connectivity index (χ1) is 16.0. The highest BCUT2D eigenvalue weighted by Gasteiger charge is 2.29. The zero-order valence-corrected chi connectivity index (χ0v) is 20.1. The van der Waals surface area contributed by atoms with Crippen LogP contribution in [-0.4, -0.2) is 32.6 Å². The molecule has 4 aromatic rings. The van der Waals surface area contributed by atoms with Gasteiger partial charge in [-0.2, -0.15) is 0 Å². The van der Waals surface area contributed by atoms with Crippen LogP contribution in [0.1, 0.15) is 51.9 Å². The normalized spacial score (nSPS) is 14.5. The smallest absolute Gasteiger partial charge is 0.162 e. The lowest BCUT2D eigenvalue weighted by atomic mass is 9.99. The first-order valence-corrected chi connectivity index (χ1v) is 11.6. The molecule has 1 atom stereocenters. The fourth-order valence-electron chi connectivity index (χ4n) is 3.79. The zero-order chi connectivity index (χ0) is 23.1. The summed E-state index contributed by atoms with van der Waals surface area (Å²) in [4.78, 5) is 10.4. The maximum Gasteiger partial charge on any atom is 0.162 e. The molecule has 0 spiro atoms. The van der Waals surface area contributed by atoms with Crippen molar-refractivity contribution in [3.63, 3.8) is 0 Å². The first-order valence-electron chi connectivity index (χ1n) is 10.4. The van der Waals surface area contributed by atoms with Gasteiger partial charge in [0.05, 0.1) is 23.9 Å². The minimum absolute atomic E-state index is 0.145. The number of hydrogen-bond acceptors (Lipinski definition) is 6. The molecule has 0 N–H and O–H groups in total. The molecule has 33 heavy (non-hydrogen) atoms. The van der Waals surface area contributed by atoms with Gasteiger partial charge in [0.2, 0.25) is 0 Å². The number of halogens is 1. The molecule has 8 heteroatoms. The Labute approximate surface area is 201 Å². The number of thiophene rings is 1. The summed E-state index contributed by atoms with van der Waals surface area (Å²) in [6.07, 6.45) is 1.67. The summed E-state index contributed by atoms with van der Waals surface area (Å²) in [5.74, 6) is 8.83. The van der Waals surface area contributed by atoms with E-state index in [0.29, 0.717) is 16.5 Å². The average Bonchev–Trinajstić information content (AvgIpc) is 3.32. The van der Waals surface area contributed by atoms with Gasteiger partial charge in [0.25, 0.3) is 0 Å². The van der Waals surface area contributed by atoms with Crippen LogP contribution in [0.3, 0.4) is 0 Å². The molecule has 1 aliphatic rings. The van der Waals surface area contributed by atoms with Crippen molar-refractivity contribution in [2.45, 2.75) is 26.8 Å². The summed E-state index contributed by atoms with van der Waals surface area (Å²) in [6.45, 7) is 6.08. The number of nitrogens with zero attached hydrogens (tertiary/aromatic N) is 5. The predicted octanol–water partition coefficient (Wildman–Crippen LogP) is 5.31. The summed E-state index contributed by atoms with van der Waals surface area (Å²) in [5.41, 5.74) is 4.70. The fraction of sp³-hybridized carbons (Fsp3) is 0.200. The van der Waals surface area contributed by atoms with Crippen LogP contribution in [0.5, 0.6) is 5.75 Å². The third kappa shape index (κ3) is 3.82. The van der Waals surface area contributed by atoms with Crippen molar-refractivity contribution < 1.29 is 4.74 Å². The molecule has 0 aliphatic carbocycles. The Morgan fingerprint density at radius 2 is 1.85 bits per heavy atom. The van der Waals surface area contributed by atoms with E-state index < -0.39 is 0 Å². The van der Waals surface area contributed by atoms with E-state index in [1.807, 2.05) is 50.2 Å². The molecule has 0 bridgehead atoms. The molecule has 3 aromatic heterocycles. The van der Waals surface area contributed by atoms with Crippen molar-refractivity contribution in [3.05, 3.63) is 86.5 Å². The van der Waals surface area contributed by atoms with Gasteiger partial charge in [-0.25, -0.2) is 4.98 Å². The minimum atomic E-state index is -0.145. The number of benzene rings is 1. The highest BCUT2D eigenvalue weighted by Crippen LogP contribution is 2.38. The number of rotatable bonds is 2. The van der Waals surface area contributed by atoms with Crippen LogP contribution >= 0.6 is 22.9 Å². The van der Waals surface area contributed by atoms with E-state index in [9.17, 15) is 0 Å². The standard InChI is InChI=1S/C25H20ClN5OS/c1-14-21(12-10-19-9-11-20(32-4)13-27-19)33-25-22(14)23(17-5-7-18(26)8-6-17)28-15(2)24-30-29-16(3)31(24)25/h5-9,11,13,15H,1-4H3/t15-/m0/s1. The Bertz CT molecular complexity index is 1440. The Morgan fingerprint density at radius 1 is 1.06 bits per heavy atom. The van der Waals surface area contributed by atoms with Crippen molar-refractivity contribution in [3.8, 4) is 22.6 Å². The monoisotopic (exact) mass is 473 g/mol. The van der Waals surface area contributed by atoms with E-state index in [1.54, 1.807) is 24.6 Å². The van der Waals surface area contributed by atoms with Crippen LogP contribution in [0.2, 0.25) is 5.02 Å². The molecule has 5 rings (SSSR count). The lowest BCUT2D eigenvalue weighted by molar-refractivity contribution is 0.413. The van der Waals surface area contributed by atoms with Gasteiger partial charge in [0.15, 0.2) is 5.82 Å². The second-order valence-electron chi connectivity index (χ2n) is 7.67. The number of methoxy groups -OCH3 is 1. The fourth-order valence-corrected chi connectivity index (χ4v) is 5.14. The van der Waals surface area contributed by atoms with Gasteiger partial charge in [-0.3, -0.25) is 9.56 Å². The SMILES string of the molecule is COc1ccc(C#Cc2sc3c(c2C)C(c2ccc(Cl)cc2)=N[C@@H](C)c2nnc(C)n2-3)nc1. The molecule has 164 valence electrons. The maximum atomic E-state index is 6.15. The second kappa shape index (κ2) is 8.47. The van der Waals surface area contributed by atoms with Crippen LogP contribution in [0.4, 0.5) is 0 Å². The lowest BCUT2D eigenvalue weighted by Gasteiger charge is -2.09. The molecular weight excluding hydrogens is 454 g/mol. The van der Waals surface area contributed by atoms with Crippen molar-refractivity contribution in [2.75, 3.05) is 7.11 Å². The molecule has 1 aliphatic heterocycles. The van der Waals surface area contributed by atoms with Gasteiger partial charge in [-0.15, -0.1) is 21.5 Å². The van der Waals surface area contributed by atoms with E-state index in [0.717, 1.165) is 43.9 Å². The molecule has 0 fully saturated rings. The minimum Gasteiger partial charge on any atom is -0.495 e. The summed E-state index contributed by atoms with van der Waals surface area (Å²) < 4.78 is 7.28. The maximum absolute atomic E-state index is 6.15. The average molecular weight is 474 g/mol. The molecule has 0 saturated heterocycles. The van der Waals surface area contributed by atoms with Gasteiger partial charge in [0.1, 0.15) is 28.3 Å². The number of hydrogen-bond donors (Lipinski definition) is 0. The molecule has 0 saturated carbocycles. The Hall–Kier alpha value is -3.47. The second-order valence-corrected chi connectivity index (χ2v) is 9.11. The Balaban J connectivity index is 1.69. The van der Waals surface area contributed by atoms with Gasteiger partial charge in [0, 0.05) is 16.1 Å². The summed E-state index contributed by atoms with van der Waals surface area (Å²) in [6, 6.07) is 11.3. The third-order valence-corrected chi connectivity index (χ3v) is 6.95. The zero-order valence-electron chi connectivity index (χ0n) is 18.5. The summed E-state index contributed by atoms with van der Waals surface area (Å²) >= 11 is 7.77. The predicted molar refractivity (Wildman–Crippen MR) is 131 cm³/mol. The molecule has 0 unspecified atom stereocenters. The van der Waals surface area contributed by atoms with Crippen molar-refractivity contribution in [2.24, 2.45) is 4.99 Å². The van der Waals surface area contributed by atoms with E-state index in [4.69, 9.17) is 21.3 Å². The van der Waals surface area contributed by atoms with Crippen LogP contribution < -0.4 is 4.74 Å². The van der Waals surface area contributed by atoms with Gasteiger partial charge < -0.3 is 4.74 Å². The Morgan fingerprint density at radius 3 is 2.55 bits per heavy atom. The molecule has 0 radical (unpaired) electrons. The van der Waals surface area contributed by atoms with E-state index in [-0.39, 0.29) is 6.04 Å². The highest BCUT2D eigenvalue weighted by atomic mass is 35.5. The van der Waals surface area contributed by atoms with Crippen LogP contribution in [0.15, 0.2) is 47.6 Å². The largest absolute Gasteiger partial charge is 0.495 e. The van der Waals surface area contributed by atoms with Gasteiger partial charge in [-0.1, -0.05) is 23.7 Å². The topological polar surface area (TPSA) is 65.2 Å². The van der Waals surface area contributed by atoms with Crippen molar-refractivity contribution in [1.29, 1.82) is 0 Å². The van der Waals surface area contributed by atoms with Crippen LogP contribution in [-0.2, 0) is 0 Å². The number of ether oxygens (including phenoxy) is 1. The number of aryl methyl sites for hydroxylation is 1. The quantitative estimate of drug-likeness (QED) is 0.370. The van der Waals surface area contributed by atoms with Gasteiger partial charge in [-0.05, 0) is 62.4 Å². The molecular formula is C25H20ClN5OS. The molecule has 4 heterocycles. The van der Waals surface area contributed by atoms with Crippen LogP contribution in [0, 0.1) is 25.7 Å². The first kappa shape index (κ1) is 21.4. The van der Waals surface area contributed by atoms with E-state index in [1.165, 1.54) is 0 Å². The van der Waals surface area contributed by atoms with E-state index >= 15 is 0 Å². The lowest BCUT2D eigenvalue weighted by Crippen LogP contribution is -2.07.